The van der Waals surface area contributed by atoms with Gasteiger partial charge in [0.05, 0.1) is 6.04 Å². The highest BCUT2D eigenvalue weighted by Crippen LogP contribution is 2.31. The van der Waals surface area contributed by atoms with Crippen LogP contribution in [0.1, 0.15) is 48.4 Å². The van der Waals surface area contributed by atoms with Gasteiger partial charge in [0.1, 0.15) is 5.82 Å². The molecular weight excluding hydrogens is 315 g/mol. The molecule has 1 heterocycles. The molecule has 1 aliphatic heterocycles. The molecular formula is C21H25FN2O. The van der Waals surface area contributed by atoms with Crippen molar-refractivity contribution in [1.82, 2.24) is 4.90 Å². The van der Waals surface area contributed by atoms with Crippen molar-refractivity contribution in [2.24, 2.45) is 0 Å². The molecule has 3 rings (SSSR count). The van der Waals surface area contributed by atoms with Crippen LogP contribution in [0.25, 0.3) is 0 Å². The second-order valence-electron chi connectivity index (χ2n) is 6.87. The zero-order valence-corrected chi connectivity index (χ0v) is 14.9. The number of likely N-dealkylation sites (tertiary alicyclic amines) is 1. The summed E-state index contributed by atoms with van der Waals surface area (Å²) in [6.45, 7) is 4.50. The molecule has 1 saturated heterocycles. The summed E-state index contributed by atoms with van der Waals surface area (Å²) < 4.78 is 13.8. The molecule has 25 heavy (non-hydrogen) atoms. The number of aryl methyl sites for hydroxylation is 2. The molecule has 2 aromatic carbocycles. The van der Waals surface area contributed by atoms with E-state index in [1.807, 2.05) is 11.0 Å². The number of hydrogen-bond acceptors (Lipinski definition) is 1. The van der Waals surface area contributed by atoms with Crippen molar-refractivity contribution in [3.63, 3.8) is 0 Å². The molecule has 1 fully saturated rings. The molecule has 0 bridgehead atoms. The lowest BCUT2D eigenvalue weighted by atomic mass is 9.99. The highest BCUT2D eigenvalue weighted by atomic mass is 19.1. The van der Waals surface area contributed by atoms with Gasteiger partial charge >= 0.3 is 6.03 Å². The monoisotopic (exact) mass is 340 g/mol. The Hall–Kier alpha value is -2.36. The maximum absolute atomic E-state index is 13.8. The molecule has 0 spiro atoms. The predicted octanol–water partition coefficient (Wildman–Crippen LogP) is 5.59. The van der Waals surface area contributed by atoms with Gasteiger partial charge in [-0.25, -0.2) is 9.18 Å². The van der Waals surface area contributed by atoms with Crippen molar-refractivity contribution < 1.29 is 9.18 Å². The summed E-state index contributed by atoms with van der Waals surface area (Å²) in [7, 11) is 0. The summed E-state index contributed by atoms with van der Waals surface area (Å²) in [6, 6.07) is 13.1. The van der Waals surface area contributed by atoms with E-state index in [0.29, 0.717) is 11.3 Å². The fraction of sp³-hybridized carbons (Fsp3) is 0.381. The van der Waals surface area contributed by atoms with Gasteiger partial charge in [-0.05, 0) is 49.9 Å². The predicted molar refractivity (Wildman–Crippen MR) is 99.2 cm³/mol. The molecule has 1 unspecified atom stereocenters. The van der Waals surface area contributed by atoms with Crippen LogP contribution in [0.15, 0.2) is 42.5 Å². The maximum atomic E-state index is 13.8. The van der Waals surface area contributed by atoms with Crippen molar-refractivity contribution in [2.45, 2.75) is 45.6 Å². The minimum Gasteiger partial charge on any atom is -0.317 e. The zero-order valence-electron chi connectivity index (χ0n) is 14.9. The van der Waals surface area contributed by atoms with Crippen molar-refractivity contribution in [2.75, 3.05) is 11.9 Å². The van der Waals surface area contributed by atoms with E-state index in [1.54, 1.807) is 19.1 Å². The van der Waals surface area contributed by atoms with Crippen LogP contribution in [0.4, 0.5) is 14.9 Å². The third kappa shape index (κ3) is 4.19. The first kappa shape index (κ1) is 17.5. The first-order valence-electron chi connectivity index (χ1n) is 8.95. The number of carbonyl (C=O) groups excluding carboxylic acids is 1. The third-order valence-electron chi connectivity index (χ3n) is 4.86. The summed E-state index contributed by atoms with van der Waals surface area (Å²) in [4.78, 5) is 14.8. The quantitative estimate of drug-likeness (QED) is 0.759. The lowest BCUT2D eigenvalue weighted by molar-refractivity contribution is 0.189. The highest BCUT2D eigenvalue weighted by Gasteiger charge is 2.27. The highest BCUT2D eigenvalue weighted by molar-refractivity contribution is 5.89. The molecule has 1 N–H and O–H groups in total. The largest absolute Gasteiger partial charge is 0.322 e. The van der Waals surface area contributed by atoms with Crippen LogP contribution in [-0.2, 0) is 0 Å². The zero-order chi connectivity index (χ0) is 17.8. The van der Waals surface area contributed by atoms with Crippen molar-refractivity contribution >= 4 is 11.7 Å². The van der Waals surface area contributed by atoms with Gasteiger partial charge in [0.25, 0.3) is 0 Å². The van der Waals surface area contributed by atoms with Gasteiger partial charge in [0.2, 0.25) is 0 Å². The van der Waals surface area contributed by atoms with Crippen molar-refractivity contribution in [1.29, 1.82) is 0 Å². The molecule has 0 radical (unpaired) electrons. The van der Waals surface area contributed by atoms with E-state index >= 15 is 0 Å². The smallest absolute Gasteiger partial charge is 0.317 e. The first-order valence-corrected chi connectivity index (χ1v) is 8.95. The Morgan fingerprint density at radius 2 is 1.96 bits per heavy atom. The maximum Gasteiger partial charge on any atom is 0.322 e. The number of nitrogens with one attached hydrogen (secondary N) is 1. The molecule has 2 amide bonds. The lowest BCUT2D eigenvalue weighted by Crippen LogP contribution is -2.38. The minimum atomic E-state index is -0.302. The summed E-state index contributed by atoms with van der Waals surface area (Å²) in [6.07, 6.45) is 4.20. The van der Waals surface area contributed by atoms with E-state index in [9.17, 15) is 9.18 Å². The lowest BCUT2D eigenvalue weighted by Gasteiger charge is -2.31. The summed E-state index contributed by atoms with van der Waals surface area (Å²) in [5.41, 5.74) is 3.44. The van der Waals surface area contributed by atoms with E-state index in [-0.39, 0.29) is 17.9 Å². The number of benzene rings is 2. The van der Waals surface area contributed by atoms with Crippen LogP contribution in [-0.4, -0.2) is 17.5 Å². The van der Waals surface area contributed by atoms with E-state index < -0.39 is 0 Å². The Bertz CT molecular complexity index is 759. The van der Waals surface area contributed by atoms with Gasteiger partial charge < -0.3 is 10.2 Å². The summed E-state index contributed by atoms with van der Waals surface area (Å²) in [5, 5.41) is 2.87. The van der Waals surface area contributed by atoms with Crippen LogP contribution >= 0.6 is 0 Å². The second-order valence-corrected chi connectivity index (χ2v) is 6.87. The van der Waals surface area contributed by atoms with Crippen molar-refractivity contribution in [3.8, 4) is 0 Å². The number of hydrogen-bond donors (Lipinski definition) is 1. The Morgan fingerprint density at radius 3 is 2.72 bits per heavy atom. The molecule has 3 nitrogen and oxygen atoms in total. The molecule has 0 aromatic heterocycles. The minimum absolute atomic E-state index is 0.0673. The van der Waals surface area contributed by atoms with Crippen molar-refractivity contribution in [3.05, 3.63) is 65.0 Å². The van der Waals surface area contributed by atoms with E-state index in [2.05, 4.69) is 30.4 Å². The van der Waals surface area contributed by atoms with Crippen LogP contribution in [0.3, 0.4) is 0 Å². The Balaban J connectivity index is 1.82. The SMILES string of the molecule is Cc1cccc(C2CCCCCN2C(=O)Nc2ccc(C)c(F)c2)c1. The van der Waals surface area contributed by atoms with Gasteiger partial charge in [-0.2, -0.15) is 0 Å². The van der Waals surface area contributed by atoms with Gasteiger partial charge in [0, 0.05) is 12.2 Å². The second kappa shape index (κ2) is 7.68. The summed E-state index contributed by atoms with van der Waals surface area (Å²) in [5.74, 6) is -0.302. The Kier molecular flexibility index (Phi) is 5.37. The number of nitrogens with zero attached hydrogens (tertiary/aromatic N) is 1. The number of halogens is 1. The van der Waals surface area contributed by atoms with Gasteiger partial charge in [-0.15, -0.1) is 0 Å². The third-order valence-corrected chi connectivity index (χ3v) is 4.86. The van der Waals surface area contributed by atoms with Gasteiger partial charge in [0.15, 0.2) is 0 Å². The van der Waals surface area contributed by atoms with E-state index in [0.717, 1.165) is 32.2 Å². The van der Waals surface area contributed by atoms with E-state index in [4.69, 9.17) is 0 Å². The molecule has 2 aromatic rings. The van der Waals surface area contributed by atoms with Gasteiger partial charge in [-0.1, -0.05) is 48.7 Å². The first-order chi connectivity index (χ1) is 12.0. The average molecular weight is 340 g/mol. The van der Waals surface area contributed by atoms with E-state index in [1.165, 1.54) is 17.2 Å². The van der Waals surface area contributed by atoms with Gasteiger partial charge in [-0.3, -0.25) is 0 Å². The number of carbonyl (C=O) groups is 1. The molecule has 1 aliphatic rings. The number of urea groups is 1. The normalized spacial score (nSPS) is 17.9. The Labute approximate surface area is 148 Å². The molecule has 1 atom stereocenters. The number of anilines is 1. The van der Waals surface area contributed by atoms with Crippen LogP contribution in [0, 0.1) is 19.7 Å². The summed E-state index contributed by atoms with van der Waals surface area (Å²) >= 11 is 0. The topological polar surface area (TPSA) is 32.3 Å². The molecule has 4 heteroatoms. The Morgan fingerprint density at radius 1 is 1.12 bits per heavy atom. The van der Waals surface area contributed by atoms with Crippen LogP contribution < -0.4 is 5.32 Å². The standard InChI is InChI=1S/C21H25FN2O/c1-15-7-6-8-17(13-15)20-9-4-3-5-12-24(20)21(25)23-18-11-10-16(2)19(22)14-18/h6-8,10-11,13-14,20H,3-5,9,12H2,1-2H3,(H,23,25). The van der Waals surface area contributed by atoms with Crippen LogP contribution in [0.2, 0.25) is 0 Å². The molecule has 0 saturated carbocycles. The fourth-order valence-corrected chi connectivity index (χ4v) is 3.44. The molecule has 132 valence electrons. The average Bonchev–Trinajstić information content (AvgIpc) is 2.84. The number of amides is 2. The number of rotatable bonds is 2. The fourth-order valence-electron chi connectivity index (χ4n) is 3.44. The van der Waals surface area contributed by atoms with Crippen LogP contribution in [0.5, 0.6) is 0 Å². The molecule has 0 aliphatic carbocycles.